The highest BCUT2D eigenvalue weighted by molar-refractivity contribution is 7.91. The molecule has 0 aliphatic carbocycles. The molecule has 0 aliphatic rings. The first-order chi connectivity index (χ1) is 8.07. The van der Waals surface area contributed by atoms with E-state index in [4.69, 9.17) is 5.11 Å². The van der Waals surface area contributed by atoms with Crippen LogP contribution in [-0.2, 0) is 19.4 Å². The normalized spacial score (nSPS) is 14.2. The molecule has 18 heavy (non-hydrogen) atoms. The van der Waals surface area contributed by atoms with Crippen molar-refractivity contribution in [2.75, 3.05) is 6.26 Å². The van der Waals surface area contributed by atoms with Gasteiger partial charge in [-0.1, -0.05) is 24.3 Å². The van der Waals surface area contributed by atoms with Gasteiger partial charge in [0.15, 0.2) is 9.84 Å². The van der Waals surface area contributed by atoms with Crippen LogP contribution in [-0.4, -0.2) is 25.7 Å². The summed E-state index contributed by atoms with van der Waals surface area (Å²) in [5.74, 6) is -1.49. The van der Waals surface area contributed by atoms with Gasteiger partial charge < -0.3 is 5.11 Å². The fourth-order valence-electron chi connectivity index (χ4n) is 1.53. The lowest BCUT2D eigenvalue weighted by Gasteiger charge is -2.23. The summed E-state index contributed by atoms with van der Waals surface area (Å²) in [6, 6.07) is 6.69. The Kier molecular flexibility index (Phi) is 3.86. The van der Waals surface area contributed by atoms with Gasteiger partial charge in [0.05, 0.1) is 10.7 Å². The van der Waals surface area contributed by atoms with E-state index in [0.717, 1.165) is 0 Å². The van der Waals surface area contributed by atoms with E-state index >= 15 is 0 Å². The molecule has 1 unspecified atom stereocenters. The lowest BCUT2D eigenvalue weighted by atomic mass is 9.96. The summed E-state index contributed by atoms with van der Waals surface area (Å²) >= 11 is 0. The highest BCUT2D eigenvalue weighted by Crippen LogP contribution is 2.29. The van der Waals surface area contributed by atoms with Crippen LogP contribution in [0.5, 0.6) is 0 Å². The zero-order valence-electron chi connectivity index (χ0n) is 11.0. The Morgan fingerprint density at radius 1 is 1.22 bits per heavy atom. The Bertz CT molecular complexity index is 541. The monoisotopic (exact) mass is 270 g/mol. The number of carboxylic acid groups (broad SMARTS) is 1. The highest BCUT2D eigenvalue weighted by Gasteiger charge is 2.32. The molecule has 0 aliphatic heterocycles. The molecule has 0 heterocycles. The molecule has 1 N–H and O–H groups in total. The van der Waals surface area contributed by atoms with Crippen LogP contribution in [0.4, 0.5) is 0 Å². The van der Waals surface area contributed by atoms with Crippen LogP contribution in [0.15, 0.2) is 24.3 Å². The topological polar surface area (TPSA) is 71.4 Å². The largest absolute Gasteiger partial charge is 0.481 e. The van der Waals surface area contributed by atoms with Gasteiger partial charge in [0.1, 0.15) is 0 Å². The Labute approximate surface area is 108 Å². The number of benzene rings is 1. The average Bonchev–Trinajstić information content (AvgIpc) is 2.26. The molecule has 0 bridgehead atoms. The van der Waals surface area contributed by atoms with Gasteiger partial charge in [-0.3, -0.25) is 4.79 Å². The van der Waals surface area contributed by atoms with Gasteiger partial charge >= 0.3 is 5.97 Å². The van der Waals surface area contributed by atoms with Crippen molar-refractivity contribution in [3.8, 4) is 0 Å². The summed E-state index contributed by atoms with van der Waals surface area (Å²) in [7, 11) is -3.22. The van der Waals surface area contributed by atoms with Crippen molar-refractivity contribution >= 4 is 15.8 Å². The van der Waals surface area contributed by atoms with Gasteiger partial charge in [0.25, 0.3) is 0 Å². The third kappa shape index (κ3) is 2.72. The SMILES string of the molecule is CC(C(=O)O)c1ccc(C(C)(C)S(C)(=O)=O)cc1. The summed E-state index contributed by atoms with van der Waals surface area (Å²) in [5.41, 5.74) is 1.32. The van der Waals surface area contributed by atoms with Crippen molar-refractivity contribution < 1.29 is 18.3 Å². The van der Waals surface area contributed by atoms with Crippen molar-refractivity contribution in [2.45, 2.75) is 31.4 Å². The van der Waals surface area contributed by atoms with E-state index < -0.39 is 26.5 Å². The number of rotatable bonds is 4. The highest BCUT2D eigenvalue weighted by atomic mass is 32.2. The van der Waals surface area contributed by atoms with Gasteiger partial charge in [-0.2, -0.15) is 0 Å². The molecule has 1 aromatic carbocycles. The first-order valence-corrected chi connectivity index (χ1v) is 7.49. The molecule has 1 atom stereocenters. The molecule has 4 nitrogen and oxygen atoms in total. The quantitative estimate of drug-likeness (QED) is 0.910. The van der Waals surface area contributed by atoms with Gasteiger partial charge in [-0.15, -0.1) is 0 Å². The molecule has 0 aromatic heterocycles. The predicted octanol–water partition coefficient (Wildman–Crippen LogP) is 2.15. The van der Waals surface area contributed by atoms with Crippen molar-refractivity contribution in [2.24, 2.45) is 0 Å². The first kappa shape index (κ1) is 14.7. The Morgan fingerprint density at radius 3 is 2.00 bits per heavy atom. The van der Waals surface area contributed by atoms with Crippen LogP contribution >= 0.6 is 0 Å². The predicted molar refractivity (Wildman–Crippen MR) is 70.4 cm³/mol. The molecule has 5 heteroatoms. The van der Waals surface area contributed by atoms with Gasteiger partial charge in [0, 0.05) is 6.26 Å². The molecular weight excluding hydrogens is 252 g/mol. The van der Waals surface area contributed by atoms with Crippen LogP contribution in [0, 0.1) is 0 Å². The second kappa shape index (κ2) is 4.72. The van der Waals surface area contributed by atoms with Crippen molar-refractivity contribution in [3.05, 3.63) is 35.4 Å². The molecule has 1 aromatic rings. The number of hydrogen-bond acceptors (Lipinski definition) is 3. The van der Waals surface area contributed by atoms with E-state index in [-0.39, 0.29) is 0 Å². The Balaban J connectivity index is 3.15. The van der Waals surface area contributed by atoms with Gasteiger partial charge in [0.2, 0.25) is 0 Å². The minimum Gasteiger partial charge on any atom is -0.481 e. The zero-order valence-corrected chi connectivity index (χ0v) is 11.8. The summed E-state index contributed by atoms with van der Waals surface area (Å²) in [4.78, 5) is 10.8. The number of carbonyl (C=O) groups is 1. The van der Waals surface area contributed by atoms with Crippen LogP contribution in [0.1, 0.15) is 37.8 Å². The molecule has 1 rings (SSSR count). The molecule has 0 fully saturated rings. The van der Waals surface area contributed by atoms with Crippen molar-refractivity contribution in [1.29, 1.82) is 0 Å². The fraction of sp³-hybridized carbons (Fsp3) is 0.462. The maximum absolute atomic E-state index is 11.7. The molecule has 0 radical (unpaired) electrons. The van der Waals surface area contributed by atoms with Gasteiger partial charge in [-0.25, -0.2) is 8.42 Å². The molecular formula is C13H18O4S. The third-order valence-electron chi connectivity index (χ3n) is 3.40. The molecule has 0 spiro atoms. The maximum Gasteiger partial charge on any atom is 0.310 e. The van der Waals surface area contributed by atoms with Crippen LogP contribution in [0.25, 0.3) is 0 Å². The minimum absolute atomic E-state index is 0.597. The molecule has 0 saturated heterocycles. The van der Waals surface area contributed by atoms with Crippen LogP contribution in [0.3, 0.4) is 0 Å². The van der Waals surface area contributed by atoms with E-state index in [1.807, 2.05) is 0 Å². The lowest BCUT2D eigenvalue weighted by molar-refractivity contribution is -0.138. The average molecular weight is 270 g/mol. The van der Waals surface area contributed by atoms with Crippen molar-refractivity contribution in [3.63, 3.8) is 0 Å². The summed E-state index contributed by atoms with van der Waals surface area (Å²) in [6.07, 6.45) is 1.20. The number of sulfone groups is 1. The number of carboxylic acids is 1. The van der Waals surface area contributed by atoms with E-state index in [2.05, 4.69) is 0 Å². The summed E-state index contributed by atoms with van der Waals surface area (Å²) in [5, 5.41) is 8.90. The van der Waals surface area contributed by atoms with E-state index in [0.29, 0.717) is 11.1 Å². The molecule has 0 saturated carbocycles. The number of hydrogen-bond donors (Lipinski definition) is 1. The maximum atomic E-state index is 11.7. The standard InChI is InChI=1S/C13H18O4S/c1-9(12(14)15)10-5-7-11(8-6-10)13(2,3)18(4,16)17/h5-9H,1-4H3,(H,14,15). The van der Waals surface area contributed by atoms with Crippen LogP contribution < -0.4 is 0 Å². The zero-order chi connectivity index (χ0) is 14.1. The van der Waals surface area contributed by atoms with Crippen molar-refractivity contribution in [1.82, 2.24) is 0 Å². The molecule has 0 amide bonds. The second-order valence-electron chi connectivity index (χ2n) is 4.96. The van der Waals surface area contributed by atoms with E-state index in [1.165, 1.54) is 6.26 Å². The van der Waals surface area contributed by atoms with E-state index in [1.54, 1.807) is 45.0 Å². The third-order valence-corrected chi connectivity index (χ3v) is 5.49. The first-order valence-electron chi connectivity index (χ1n) is 5.60. The van der Waals surface area contributed by atoms with E-state index in [9.17, 15) is 13.2 Å². The fourth-order valence-corrected chi connectivity index (χ4v) is 2.09. The summed E-state index contributed by atoms with van der Waals surface area (Å²) < 4.78 is 22.4. The minimum atomic E-state index is -3.22. The number of aliphatic carboxylic acids is 1. The molecule has 100 valence electrons. The second-order valence-corrected chi connectivity index (χ2v) is 7.53. The smallest absolute Gasteiger partial charge is 0.310 e. The van der Waals surface area contributed by atoms with Crippen LogP contribution in [0.2, 0.25) is 0 Å². The summed E-state index contributed by atoms with van der Waals surface area (Å²) in [6.45, 7) is 4.87. The lowest BCUT2D eigenvalue weighted by Crippen LogP contribution is -2.28. The Morgan fingerprint density at radius 2 is 1.67 bits per heavy atom. The Hall–Kier alpha value is -1.36. The van der Waals surface area contributed by atoms with Gasteiger partial charge in [-0.05, 0) is 31.9 Å².